The zero-order valence-corrected chi connectivity index (χ0v) is 12.8. The van der Waals surface area contributed by atoms with E-state index in [2.05, 4.69) is 15.5 Å². The van der Waals surface area contributed by atoms with Crippen molar-refractivity contribution in [2.75, 3.05) is 23.9 Å². The summed E-state index contributed by atoms with van der Waals surface area (Å²) in [5, 5.41) is 13.0. The Bertz CT molecular complexity index is 571. The molecule has 0 aliphatic rings. The quantitative estimate of drug-likeness (QED) is 0.798. The lowest BCUT2D eigenvalue weighted by Gasteiger charge is -1.99. The van der Waals surface area contributed by atoms with Crippen LogP contribution in [0.3, 0.4) is 0 Å². The van der Waals surface area contributed by atoms with Crippen molar-refractivity contribution in [2.24, 2.45) is 0 Å². The Morgan fingerprint density at radius 1 is 1.30 bits per heavy atom. The Kier molecular flexibility index (Phi) is 5.60. The standard InChI is InChI=1S/C13H16FN3OS2/c1-20(18)8-2-7-15-13-17-16-12(19-13)9-10-3-5-11(14)6-4-10/h3-6H,2,7-9H2,1H3,(H,15,17). The molecule has 4 nitrogen and oxygen atoms in total. The summed E-state index contributed by atoms with van der Waals surface area (Å²) in [7, 11) is -0.750. The van der Waals surface area contributed by atoms with Crippen LogP contribution in [0.2, 0.25) is 0 Å². The van der Waals surface area contributed by atoms with Crippen LogP contribution in [0, 0.1) is 5.82 Å². The van der Waals surface area contributed by atoms with Gasteiger partial charge in [0.05, 0.1) is 0 Å². The number of benzene rings is 1. The molecule has 1 heterocycles. The topological polar surface area (TPSA) is 54.9 Å². The molecule has 0 saturated heterocycles. The molecule has 0 spiro atoms. The van der Waals surface area contributed by atoms with Crippen LogP contribution in [0.15, 0.2) is 24.3 Å². The number of aromatic nitrogens is 2. The van der Waals surface area contributed by atoms with Crippen molar-refractivity contribution in [1.29, 1.82) is 0 Å². The third-order valence-electron chi connectivity index (χ3n) is 2.62. The highest BCUT2D eigenvalue weighted by Crippen LogP contribution is 2.18. The van der Waals surface area contributed by atoms with Gasteiger partial charge in [-0.3, -0.25) is 4.21 Å². The van der Waals surface area contributed by atoms with Crippen molar-refractivity contribution in [1.82, 2.24) is 10.2 Å². The van der Waals surface area contributed by atoms with Gasteiger partial charge in [0.2, 0.25) is 5.13 Å². The molecule has 1 aromatic carbocycles. The Morgan fingerprint density at radius 2 is 2.05 bits per heavy atom. The van der Waals surface area contributed by atoms with Gasteiger partial charge in [0.1, 0.15) is 10.8 Å². The first-order chi connectivity index (χ1) is 9.63. The van der Waals surface area contributed by atoms with Gasteiger partial charge in [-0.25, -0.2) is 4.39 Å². The molecule has 0 saturated carbocycles. The second kappa shape index (κ2) is 7.44. The number of hydrogen-bond acceptors (Lipinski definition) is 5. The Balaban J connectivity index is 1.82. The maximum Gasteiger partial charge on any atom is 0.205 e. The molecule has 0 radical (unpaired) electrons. The van der Waals surface area contributed by atoms with Crippen molar-refractivity contribution in [3.05, 3.63) is 40.7 Å². The van der Waals surface area contributed by atoms with Crippen molar-refractivity contribution >= 4 is 27.3 Å². The number of anilines is 1. The van der Waals surface area contributed by atoms with Crippen molar-refractivity contribution < 1.29 is 8.60 Å². The summed E-state index contributed by atoms with van der Waals surface area (Å²) in [6.07, 6.45) is 3.19. The van der Waals surface area contributed by atoms with Crippen LogP contribution in [0.25, 0.3) is 0 Å². The molecular weight excluding hydrogens is 297 g/mol. The average molecular weight is 313 g/mol. The molecule has 0 aliphatic carbocycles. The van der Waals surface area contributed by atoms with Gasteiger partial charge < -0.3 is 5.32 Å². The predicted molar refractivity (Wildman–Crippen MR) is 81.2 cm³/mol. The lowest BCUT2D eigenvalue weighted by molar-refractivity contribution is 0.627. The molecule has 2 rings (SSSR count). The summed E-state index contributed by atoms with van der Waals surface area (Å²) in [6, 6.07) is 6.39. The maximum atomic E-state index is 12.8. The molecule has 0 bridgehead atoms. The van der Waals surface area contributed by atoms with E-state index < -0.39 is 10.8 Å². The van der Waals surface area contributed by atoms with Gasteiger partial charge >= 0.3 is 0 Å². The van der Waals surface area contributed by atoms with E-state index in [1.54, 1.807) is 18.4 Å². The first-order valence-corrected chi connectivity index (χ1v) is 8.78. The summed E-state index contributed by atoms with van der Waals surface area (Å²) < 4.78 is 23.7. The largest absolute Gasteiger partial charge is 0.360 e. The van der Waals surface area contributed by atoms with Crippen LogP contribution in [0.4, 0.5) is 9.52 Å². The fourth-order valence-electron chi connectivity index (χ4n) is 1.64. The summed E-state index contributed by atoms with van der Waals surface area (Å²) in [6.45, 7) is 0.741. The molecule has 1 atom stereocenters. The van der Waals surface area contributed by atoms with E-state index in [0.717, 1.165) is 28.7 Å². The summed E-state index contributed by atoms with van der Waals surface area (Å²) in [4.78, 5) is 0. The molecule has 0 amide bonds. The fourth-order valence-corrected chi connectivity index (χ4v) is 2.99. The number of rotatable bonds is 7. The number of nitrogens with zero attached hydrogens (tertiary/aromatic N) is 2. The Labute approximate surface area is 123 Å². The second-order valence-corrected chi connectivity index (χ2v) is 6.98. The molecule has 0 fully saturated rings. The predicted octanol–water partition coefficient (Wildman–Crippen LogP) is 2.45. The number of hydrogen-bond donors (Lipinski definition) is 1. The summed E-state index contributed by atoms with van der Waals surface area (Å²) in [5.41, 5.74) is 1.01. The first kappa shape index (κ1) is 15.1. The zero-order chi connectivity index (χ0) is 14.4. The molecule has 7 heteroatoms. The number of halogens is 1. The van der Waals surface area contributed by atoms with Crippen LogP contribution in [-0.2, 0) is 17.2 Å². The van der Waals surface area contributed by atoms with E-state index in [1.165, 1.54) is 23.5 Å². The van der Waals surface area contributed by atoms with Crippen LogP contribution in [0.1, 0.15) is 17.0 Å². The minimum atomic E-state index is -0.750. The SMILES string of the molecule is CS(=O)CCCNc1nnc(Cc2ccc(F)cc2)s1. The lowest BCUT2D eigenvalue weighted by Crippen LogP contribution is -2.05. The van der Waals surface area contributed by atoms with E-state index >= 15 is 0 Å². The van der Waals surface area contributed by atoms with E-state index in [9.17, 15) is 8.60 Å². The van der Waals surface area contributed by atoms with Gasteiger partial charge in [-0.15, -0.1) is 10.2 Å². The monoisotopic (exact) mass is 313 g/mol. The minimum Gasteiger partial charge on any atom is -0.360 e. The molecule has 0 aliphatic heterocycles. The maximum absolute atomic E-state index is 12.8. The summed E-state index contributed by atoms with van der Waals surface area (Å²) >= 11 is 1.49. The third-order valence-corrected chi connectivity index (χ3v) is 4.36. The molecule has 20 heavy (non-hydrogen) atoms. The van der Waals surface area contributed by atoms with E-state index in [-0.39, 0.29) is 5.82 Å². The highest BCUT2D eigenvalue weighted by molar-refractivity contribution is 7.84. The van der Waals surface area contributed by atoms with E-state index in [0.29, 0.717) is 12.2 Å². The van der Waals surface area contributed by atoms with Gasteiger partial charge in [-0.05, 0) is 24.1 Å². The molecule has 1 N–H and O–H groups in total. The zero-order valence-electron chi connectivity index (χ0n) is 11.1. The lowest BCUT2D eigenvalue weighted by atomic mass is 10.2. The normalized spacial score (nSPS) is 12.3. The van der Waals surface area contributed by atoms with Crippen LogP contribution < -0.4 is 5.32 Å². The molecular formula is C13H16FN3OS2. The van der Waals surface area contributed by atoms with Gasteiger partial charge in [0.25, 0.3) is 0 Å². The van der Waals surface area contributed by atoms with Crippen molar-refractivity contribution in [3.63, 3.8) is 0 Å². The van der Waals surface area contributed by atoms with Crippen molar-refractivity contribution in [3.8, 4) is 0 Å². The highest BCUT2D eigenvalue weighted by Gasteiger charge is 2.05. The second-order valence-electron chi connectivity index (χ2n) is 4.36. The Morgan fingerprint density at radius 3 is 2.75 bits per heavy atom. The van der Waals surface area contributed by atoms with Crippen LogP contribution >= 0.6 is 11.3 Å². The Hall–Kier alpha value is -1.34. The summed E-state index contributed by atoms with van der Waals surface area (Å²) in [5.74, 6) is 0.454. The van der Waals surface area contributed by atoms with E-state index in [4.69, 9.17) is 0 Å². The molecule has 1 unspecified atom stereocenters. The minimum absolute atomic E-state index is 0.235. The van der Waals surface area contributed by atoms with Gasteiger partial charge in [0, 0.05) is 35.8 Å². The van der Waals surface area contributed by atoms with Crippen LogP contribution in [-0.4, -0.2) is 33.0 Å². The molecule has 1 aromatic heterocycles. The number of nitrogens with one attached hydrogen (secondary N) is 1. The van der Waals surface area contributed by atoms with Gasteiger partial charge in [-0.1, -0.05) is 23.5 Å². The molecule has 108 valence electrons. The van der Waals surface area contributed by atoms with Crippen LogP contribution in [0.5, 0.6) is 0 Å². The average Bonchev–Trinajstić information content (AvgIpc) is 2.85. The van der Waals surface area contributed by atoms with Crippen molar-refractivity contribution in [2.45, 2.75) is 12.8 Å². The molecule has 2 aromatic rings. The fraction of sp³-hybridized carbons (Fsp3) is 0.385. The smallest absolute Gasteiger partial charge is 0.205 e. The highest BCUT2D eigenvalue weighted by atomic mass is 32.2. The van der Waals surface area contributed by atoms with Gasteiger partial charge in [-0.2, -0.15) is 0 Å². The van der Waals surface area contributed by atoms with Gasteiger partial charge in [0.15, 0.2) is 0 Å². The third kappa shape index (κ3) is 4.97. The first-order valence-electron chi connectivity index (χ1n) is 6.24. The van der Waals surface area contributed by atoms with E-state index in [1.807, 2.05) is 0 Å².